The van der Waals surface area contributed by atoms with Gasteiger partial charge in [-0.1, -0.05) is 37.1 Å². The second-order valence-corrected chi connectivity index (χ2v) is 8.98. The van der Waals surface area contributed by atoms with Gasteiger partial charge in [-0.2, -0.15) is 4.72 Å². The Hall–Kier alpha value is -2.62. The third-order valence-electron chi connectivity index (χ3n) is 5.26. The summed E-state index contributed by atoms with van der Waals surface area (Å²) in [6, 6.07) is 14.6. The van der Waals surface area contributed by atoms with Gasteiger partial charge in [0.1, 0.15) is 0 Å². The van der Waals surface area contributed by atoms with E-state index in [-0.39, 0.29) is 23.4 Å². The molecule has 0 radical (unpaired) electrons. The molecule has 1 atom stereocenters. The number of carbonyl (C=O) groups excluding carboxylic acids is 1. The zero-order valence-electron chi connectivity index (χ0n) is 16.6. The Labute approximate surface area is 173 Å². The highest BCUT2D eigenvalue weighted by Crippen LogP contribution is 2.26. The van der Waals surface area contributed by atoms with Crippen LogP contribution in [-0.4, -0.2) is 38.4 Å². The maximum Gasteiger partial charge on any atom is 0.254 e. The van der Waals surface area contributed by atoms with E-state index in [4.69, 9.17) is 6.42 Å². The van der Waals surface area contributed by atoms with E-state index in [0.717, 1.165) is 25.7 Å². The lowest BCUT2D eigenvalue weighted by molar-refractivity contribution is 0.0661. The molecule has 152 valence electrons. The molecule has 0 aliphatic heterocycles. The summed E-state index contributed by atoms with van der Waals surface area (Å²) in [6.07, 6.45) is 8.73. The van der Waals surface area contributed by atoms with Crippen LogP contribution in [0.15, 0.2) is 53.4 Å². The van der Waals surface area contributed by atoms with Crippen LogP contribution in [0.3, 0.4) is 0 Å². The monoisotopic (exact) mass is 410 g/mol. The minimum absolute atomic E-state index is 0.0586. The number of amides is 1. The topological polar surface area (TPSA) is 66.5 Å². The van der Waals surface area contributed by atoms with Crippen LogP contribution in [0.4, 0.5) is 0 Å². The van der Waals surface area contributed by atoms with Gasteiger partial charge in [-0.05, 0) is 61.1 Å². The van der Waals surface area contributed by atoms with Gasteiger partial charge >= 0.3 is 0 Å². The molecule has 0 fully saturated rings. The number of carbonyl (C=O) groups is 1. The molecule has 0 spiro atoms. The van der Waals surface area contributed by atoms with E-state index in [2.05, 4.69) is 35.8 Å². The SMILES string of the molecule is C#CCNS(=O)(=O)c1ccc(C(=O)N(CCC)C2CCc3ccccc3C2)cc1. The molecule has 0 bridgehead atoms. The van der Waals surface area contributed by atoms with Crippen molar-refractivity contribution < 1.29 is 13.2 Å². The van der Waals surface area contributed by atoms with Gasteiger partial charge in [0, 0.05) is 18.2 Å². The predicted octanol–water partition coefficient (Wildman–Crippen LogP) is 3.01. The molecule has 29 heavy (non-hydrogen) atoms. The van der Waals surface area contributed by atoms with Gasteiger partial charge in [-0.3, -0.25) is 4.79 Å². The van der Waals surface area contributed by atoms with Gasteiger partial charge in [-0.25, -0.2) is 8.42 Å². The maximum atomic E-state index is 13.2. The smallest absolute Gasteiger partial charge is 0.254 e. The molecule has 1 unspecified atom stereocenters. The predicted molar refractivity (Wildman–Crippen MR) is 114 cm³/mol. The molecule has 2 aromatic carbocycles. The molecule has 1 N–H and O–H groups in total. The van der Waals surface area contributed by atoms with Crippen LogP contribution in [0, 0.1) is 12.3 Å². The minimum Gasteiger partial charge on any atom is -0.335 e. The fraction of sp³-hybridized carbons (Fsp3) is 0.348. The number of nitrogens with one attached hydrogen (secondary N) is 1. The van der Waals surface area contributed by atoms with Crippen molar-refractivity contribution >= 4 is 15.9 Å². The van der Waals surface area contributed by atoms with Crippen LogP contribution >= 0.6 is 0 Å². The molecular formula is C23H26N2O3S. The average molecular weight is 411 g/mol. The molecule has 1 aliphatic carbocycles. The van der Waals surface area contributed by atoms with Crippen molar-refractivity contribution in [3.05, 3.63) is 65.2 Å². The minimum atomic E-state index is -3.67. The lowest BCUT2D eigenvalue weighted by Crippen LogP contribution is -2.43. The first kappa shape index (κ1) is 21.1. The molecule has 6 heteroatoms. The number of fused-ring (bicyclic) bond motifs is 1. The Morgan fingerprint density at radius 1 is 1.17 bits per heavy atom. The van der Waals surface area contributed by atoms with Crippen molar-refractivity contribution in [1.82, 2.24) is 9.62 Å². The molecule has 3 rings (SSSR count). The van der Waals surface area contributed by atoms with Gasteiger partial charge in [0.25, 0.3) is 5.91 Å². The highest BCUT2D eigenvalue weighted by atomic mass is 32.2. The Morgan fingerprint density at radius 2 is 1.86 bits per heavy atom. The number of aryl methyl sites for hydroxylation is 1. The molecule has 0 saturated heterocycles. The molecule has 0 heterocycles. The Bertz CT molecular complexity index is 1010. The maximum absolute atomic E-state index is 13.2. The van der Waals surface area contributed by atoms with Crippen LogP contribution in [0.1, 0.15) is 41.3 Å². The number of hydrogen-bond acceptors (Lipinski definition) is 3. The van der Waals surface area contributed by atoms with E-state index in [1.807, 2.05) is 11.0 Å². The van der Waals surface area contributed by atoms with Crippen molar-refractivity contribution in [2.24, 2.45) is 0 Å². The van der Waals surface area contributed by atoms with Crippen LogP contribution in [0.25, 0.3) is 0 Å². The highest BCUT2D eigenvalue weighted by Gasteiger charge is 2.28. The number of hydrogen-bond donors (Lipinski definition) is 1. The largest absolute Gasteiger partial charge is 0.335 e. The number of benzene rings is 2. The van der Waals surface area contributed by atoms with E-state index in [0.29, 0.717) is 12.1 Å². The van der Waals surface area contributed by atoms with E-state index >= 15 is 0 Å². The normalized spacial score (nSPS) is 15.9. The Morgan fingerprint density at radius 3 is 2.52 bits per heavy atom. The van der Waals surface area contributed by atoms with E-state index < -0.39 is 10.0 Å². The molecular weight excluding hydrogens is 384 g/mol. The summed E-state index contributed by atoms with van der Waals surface area (Å²) < 4.78 is 26.7. The third-order valence-corrected chi connectivity index (χ3v) is 6.68. The number of nitrogens with zero attached hydrogens (tertiary/aromatic N) is 1. The van der Waals surface area contributed by atoms with Crippen LogP contribution < -0.4 is 4.72 Å². The van der Waals surface area contributed by atoms with Gasteiger partial charge in [0.15, 0.2) is 0 Å². The van der Waals surface area contributed by atoms with Crippen molar-refractivity contribution in [3.8, 4) is 12.3 Å². The van der Waals surface area contributed by atoms with E-state index in [1.54, 1.807) is 12.1 Å². The molecule has 1 aliphatic rings. The molecule has 5 nitrogen and oxygen atoms in total. The highest BCUT2D eigenvalue weighted by molar-refractivity contribution is 7.89. The lowest BCUT2D eigenvalue weighted by Gasteiger charge is -2.35. The summed E-state index contributed by atoms with van der Waals surface area (Å²) in [7, 11) is -3.67. The fourth-order valence-electron chi connectivity index (χ4n) is 3.80. The van der Waals surface area contributed by atoms with Crippen LogP contribution in [-0.2, 0) is 22.9 Å². The molecule has 2 aromatic rings. The van der Waals surface area contributed by atoms with Crippen molar-refractivity contribution in [1.29, 1.82) is 0 Å². The van der Waals surface area contributed by atoms with E-state index in [1.165, 1.54) is 23.3 Å². The number of sulfonamides is 1. The average Bonchev–Trinajstić information content (AvgIpc) is 2.75. The van der Waals surface area contributed by atoms with Gasteiger partial charge in [0.2, 0.25) is 10.0 Å². The molecule has 0 saturated carbocycles. The van der Waals surface area contributed by atoms with Gasteiger partial charge in [-0.15, -0.1) is 6.42 Å². The second-order valence-electron chi connectivity index (χ2n) is 7.22. The Balaban J connectivity index is 1.79. The lowest BCUT2D eigenvalue weighted by atomic mass is 9.87. The summed E-state index contributed by atoms with van der Waals surface area (Å²) in [6.45, 7) is 2.66. The fourth-order valence-corrected chi connectivity index (χ4v) is 4.73. The first-order chi connectivity index (χ1) is 14.0. The summed E-state index contributed by atoms with van der Waals surface area (Å²) in [5.74, 6) is 2.19. The van der Waals surface area contributed by atoms with E-state index in [9.17, 15) is 13.2 Å². The van der Waals surface area contributed by atoms with Gasteiger partial charge in [0.05, 0.1) is 11.4 Å². The standard InChI is InChI=1S/C23H26N2O3S/c1-3-15-24-29(27,28)22-13-10-19(11-14-22)23(26)25(16-4-2)21-12-9-18-7-5-6-8-20(18)17-21/h1,5-8,10-11,13-14,21,24H,4,9,12,15-17H2,2H3. The summed E-state index contributed by atoms with van der Waals surface area (Å²) in [5, 5.41) is 0. The van der Waals surface area contributed by atoms with Crippen molar-refractivity contribution in [2.75, 3.05) is 13.1 Å². The Kier molecular flexibility index (Phi) is 6.73. The van der Waals surface area contributed by atoms with Crippen LogP contribution in [0.2, 0.25) is 0 Å². The van der Waals surface area contributed by atoms with Crippen molar-refractivity contribution in [2.45, 2.75) is 43.5 Å². The van der Waals surface area contributed by atoms with Crippen LogP contribution in [0.5, 0.6) is 0 Å². The van der Waals surface area contributed by atoms with Crippen molar-refractivity contribution in [3.63, 3.8) is 0 Å². The quantitative estimate of drug-likeness (QED) is 0.714. The summed E-state index contributed by atoms with van der Waals surface area (Å²) in [5.41, 5.74) is 3.16. The first-order valence-electron chi connectivity index (χ1n) is 9.87. The molecule has 1 amide bonds. The second kappa shape index (κ2) is 9.25. The molecule has 0 aromatic heterocycles. The summed E-state index contributed by atoms with van der Waals surface area (Å²) in [4.78, 5) is 15.2. The zero-order chi connectivity index (χ0) is 20.9. The summed E-state index contributed by atoms with van der Waals surface area (Å²) >= 11 is 0. The first-order valence-corrected chi connectivity index (χ1v) is 11.4. The zero-order valence-corrected chi connectivity index (χ0v) is 17.4. The van der Waals surface area contributed by atoms with Gasteiger partial charge < -0.3 is 4.90 Å². The number of terminal acetylenes is 1. The number of rotatable bonds is 7. The third kappa shape index (κ3) is 4.87.